The van der Waals surface area contributed by atoms with Gasteiger partial charge in [0.1, 0.15) is 0 Å². The lowest BCUT2D eigenvalue weighted by molar-refractivity contribution is 0.115. The highest BCUT2D eigenvalue weighted by molar-refractivity contribution is 5.80. The summed E-state index contributed by atoms with van der Waals surface area (Å²) >= 11 is 0. The molecule has 2 fully saturated rings. The molecule has 5 nitrogen and oxygen atoms in total. The molecule has 0 unspecified atom stereocenters. The summed E-state index contributed by atoms with van der Waals surface area (Å²) in [7, 11) is 0. The van der Waals surface area contributed by atoms with E-state index < -0.39 is 0 Å². The topological polar surface area (TPSA) is 45.5 Å². The number of hydrogen-bond donors (Lipinski definition) is 1. The van der Waals surface area contributed by atoms with Gasteiger partial charge in [0.25, 0.3) is 0 Å². The molecule has 1 N–H and O–H groups in total. The van der Waals surface area contributed by atoms with Crippen molar-refractivity contribution in [2.45, 2.75) is 64.8 Å². The largest absolute Gasteiger partial charge is 0.357 e. The highest BCUT2D eigenvalue weighted by Crippen LogP contribution is 2.42. The lowest BCUT2D eigenvalue weighted by Gasteiger charge is -2.44. The number of likely N-dealkylation sites (tertiary alicyclic amines) is 1. The molecule has 0 radical (unpaired) electrons. The van der Waals surface area contributed by atoms with E-state index in [-0.39, 0.29) is 0 Å². The van der Waals surface area contributed by atoms with Crippen LogP contribution >= 0.6 is 0 Å². The van der Waals surface area contributed by atoms with Gasteiger partial charge in [0.15, 0.2) is 5.96 Å². The molecular formula is C19H33N5. The molecule has 24 heavy (non-hydrogen) atoms. The minimum atomic E-state index is 0.551. The van der Waals surface area contributed by atoms with Crippen LogP contribution in [-0.4, -0.2) is 46.6 Å². The van der Waals surface area contributed by atoms with Crippen LogP contribution in [0.4, 0.5) is 0 Å². The Morgan fingerprint density at radius 2 is 1.96 bits per heavy atom. The maximum Gasteiger partial charge on any atom is 0.193 e. The zero-order valence-electron chi connectivity index (χ0n) is 15.2. The van der Waals surface area contributed by atoms with Crippen LogP contribution in [0.25, 0.3) is 0 Å². The van der Waals surface area contributed by atoms with Crippen LogP contribution in [0.1, 0.15) is 58.3 Å². The second-order valence-corrected chi connectivity index (χ2v) is 7.48. The summed E-state index contributed by atoms with van der Waals surface area (Å²) in [5.41, 5.74) is 0.551. The number of imidazole rings is 1. The van der Waals surface area contributed by atoms with Crippen molar-refractivity contribution in [3.8, 4) is 0 Å². The van der Waals surface area contributed by atoms with Crippen LogP contribution in [0.2, 0.25) is 0 Å². The van der Waals surface area contributed by atoms with Gasteiger partial charge in [-0.25, -0.2) is 4.98 Å². The molecule has 1 saturated carbocycles. The molecule has 2 heterocycles. The van der Waals surface area contributed by atoms with Crippen molar-refractivity contribution in [1.29, 1.82) is 0 Å². The number of hydrogen-bond acceptors (Lipinski definition) is 2. The van der Waals surface area contributed by atoms with Crippen LogP contribution in [-0.2, 0) is 6.54 Å². The number of aliphatic imine (C=N–C) groups is 1. The summed E-state index contributed by atoms with van der Waals surface area (Å²) in [5, 5.41) is 3.52. The molecule has 1 aromatic heterocycles. The fourth-order valence-corrected chi connectivity index (χ4v) is 4.39. The van der Waals surface area contributed by atoms with Gasteiger partial charge in [-0.15, -0.1) is 0 Å². The van der Waals surface area contributed by atoms with Gasteiger partial charge in [-0.05, 0) is 38.0 Å². The normalized spacial score (nSPS) is 21.7. The maximum absolute atomic E-state index is 4.90. The molecule has 1 spiro atoms. The van der Waals surface area contributed by atoms with Gasteiger partial charge < -0.3 is 14.8 Å². The van der Waals surface area contributed by atoms with E-state index in [0.29, 0.717) is 5.41 Å². The minimum absolute atomic E-state index is 0.551. The minimum Gasteiger partial charge on any atom is -0.357 e. The van der Waals surface area contributed by atoms with E-state index in [9.17, 15) is 0 Å². The lowest BCUT2D eigenvalue weighted by atomic mass is 9.74. The molecule has 5 heteroatoms. The summed E-state index contributed by atoms with van der Waals surface area (Å²) in [6, 6.07) is 0. The molecule has 2 aliphatic rings. The number of guanidine groups is 1. The second-order valence-electron chi connectivity index (χ2n) is 7.48. The molecular weight excluding hydrogens is 298 g/mol. The van der Waals surface area contributed by atoms with Crippen molar-refractivity contribution in [1.82, 2.24) is 19.8 Å². The van der Waals surface area contributed by atoms with Crippen LogP contribution in [0, 0.1) is 5.41 Å². The van der Waals surface area contributed by atoms with Crippen molar-refractivity contribution in [2.24, 2.45) is 10.4 Å². The summed E-state index contributed by atoms with van der Waals surface area (Å²) in [6.07, 6.45) is 17.0. The van der Waals surface area contributed by atoms with Crippen LogP contribution in [0.15, 0.2) is 23.7 Å². The van der Waals surface area contributed by atoms with E-state index in [4.69, 9.17) is 4.99 Å². The molecule has 1 saturated heterocycles. The van der Waals surface area contributed by atoms with Crippen LogP contribution in [0.5, 0.6) is 0 Å². The SMILES string of the molecule is CCNC(=NCCn1ccnc1)N1CCCC2(CCCCCC2)C1. The van der Waals surface area contributed by atoms with E-state index in [1.54, 1.807) is 0 Å². The van der Waals surface area contributed by atoms with Crippen molar-refractivity contribution in [3.63, 3.8) is 0 Å². The summed E-state index contributed by atoms with van der Waals surface area (Å²) < 4.78 is 2.09. The van der Waals surface area contributed by atoms with Crippen molar-refractivity contribution in [3.05, 3.63) is 18.7 Å². The van der Waals surface area contributed by atoms with Crippen molar-refractivity contribution < 1.29 is 0 Å². The molecule has 0 bridgehead atoms. The third-order valence-electron chi connectivity index (χ3n) is 5.64. The predicted molar refractivity (Wildman–Crippen MR) is 99.1 cm³/mol. The van der Waals surface area contributed by atoms with E-state index in [1.165, 1.54) is 57.9 Å². The first kappa shape index (κ1) is 17.3. The third-order valence-corrected chi connectivity index (χ3v) is 5.64. The first-order valence-corrected chi connectivity index (χ1v) is 9.80. The van der Waals surface area contributed by atoms with Gasteiger partial charge in [0.2, 0.25) is 0 Å². The van der Waals surface area contributed by atoms with Gasteiger partial charge in [-0.1, -0.05) is 25.7 Å². The first-order chi connectivity index (χ1) is 11.8. The number of nitrogens with one attached hydrogen (secondary N) is 1. The molecule has 1 aliphatic heterocycles. The smallest absolute Gasteiger partial charge is 0.193 e. The fraction of sp³-hybridized carbons (Fsp3) is 0.789. The van der Waals surface area contributed by atoms with Gasteiger partial charge >= 0.3 is 0 Å². The Hall–Kier alpha value is -1.52. The molecule has 0 aromatic carbocycles. The molecule has 3 rings (SSSR count). The fourth-order valence-electron chi connectivity index (χ4n) is 4.39. The predicted octanol–water partition coefficient (Wildman–Crippen LogP) is 3.29. The molecule has 1 aromatic rings. The number of rotatable bonds is 4. The zero-order valence-corrected chi connectivity index (χ0v) is 15.2. The first-order valence-electron chi connectivity index (χ1n) is 9.80. The number of piperidine rings is 1. The molecule has 1 aliphatic carbocycles. The number of aromatic nitrogens is 2. The summed E-state index contributed by atoms with van der Waals surface area (Å²) in [5.74, 6) is 1.11. The van der Waals surface area contributed by atoms with Crippen molar-refractivity contribution >= 4 is 5.96 Å². The zero-order chi connectivity index (χ0) is 16.7. The Bertz CT molecular complexity index is 500. The summed E-state index contributed by atoms with van der Waals surface area (Å²) in [6.45, 7) is 7.16. The Kier molecular flexibility index (Phi) is 6.16. The standard InChI is InChI=1S/C19H33N5/c1-2-21-18(22-12-15-23-14-11-20-17-23)24-13-7-10-19(16-24)8-5-3-4-6-9-19/h11,14,17H,2-10,12-13,15-16H2,1H3,(H,21,22). The Morgan fingerprint density at radius 3 is 2.67 bits per heavy atom. The van der Waals surface area contributed by atoms with E-state index in [2.05, 4.69) is 26.7 Å². The third kappa shape index (κ3) is 4.52. The Balaban J connectivity index is 1.63. The van der Waals surface area contributed by atoms with Gasteiger partial charge in [-0.3, -0.25) is 4.99 Å². The molecule has 0 atom stereocenters. The van der Waals surface area contributed by atoms with Gasteiger partial charge in [-0.2, -0.15) is 0 Å². The Labute approximate surface area is 146 Å². The lowest BCUT2D eigenvalue weighted by Crippen LogP contribution is -2.50. The van der Waals surface area contributed by atoms with Crippen LogP contribution < -0.4 is 5.32 Å². The molecule has 0 amide bonds. The van der Waals surface area contributed by atoms with E-state index in [1.807, 2.05) is 18.7 Å². The van der Waals surface area contributed by atoms with Gasteiger partial charge in [0, 0.05) is 38.6 Å². The average Bonchev–Trinajstić information content (AvgIpc) is 3.02. The average molecular weight is 332 g/mol. The Morgan fingerprint density at radius 1 is 1.17 bits per heavy atom. The quantitative estimate of drug-likeness (QED) is 0.680. The highest BCUT2D eigenvalue weighted by Gasteiger charge is 2.36. The highest BCUT2D eigenvalue weighted by atomic mass is 15.3. The summed E-state index contributed by atoms with van der Waals surface area (Å²) in [4.78, 5) is 11.5. The van der Waals surface area contributed by atoms with E-state index >= 15 is 0 Å². The second kappa shape index (κ2) is 8.54. The van der Waals surface area contributed by atoms with E-state index in [0.717, 1.165) is 32.1 Å². The van der Waals surface area contributed by atoms with Crippen molar-refractivity contribution in [2.75, 3.05) is 26.2 Å². The van der Waals surface area contributed by atoms with Crippen LogP contribution in [0.3, 0.4) is 0 Å². The van der Waals surface area contributed by atoms with Gasteiger partial charge in [0.05, 0.1) is 12.9 Å². The number of nitrogens with zero attached hydrogens (tertiary/aromatic N) is 4. The maximum atomic E-state index is 4.90. The monoisotopic (exact) mass is 331 g/mol. The molecule has 134 valence electrons.